The summed E-state index contributed by atoms with van der Waals surface area (Å²) in [7, 11) is 2.18. The van der Waals surface area contributed by atoms with Crippen LogP contribution in [0.2, 0.25) is 0 Å². The minimum Gasteiger partial charge on any atom is -0.306 e. The SMILES string of the molecule is CN1CCC(NCS)CC1. The predicted molar refractivity (Wildman–Crippen MR) is 47.5 cm³/mol. The van der Waals surface area contributed by atoms with Crippen LogP contribution in [0.5, 0.6) is 0 Å². The van der Waals surface area contributed by atoms with Gasteiger partial charge >= 0.3 is 0 Å². The average Bonchev–Trinajstić information content (AvgIpc) is 1.95. The van der Waals surface area contributed by atoms with Gasteiger partial charge < -0.3 is 10.2 Å². The molecule has 2 nitrogen and oxygen atoms in total. The quantitative estimate of drug-likeness (QED) is 0.453. The van der Waals surface area contributed by atoms with Crippen molar-refractivity contribution in [3.63, 3.8) is 0 Å². The van der Waals surface area contributed by atoms with Crippen molar-refractivity contribution in [2.24, 2.45) is 0 Å². The lowest BCUT2D eigenvalue weighted by atomic mass is 10.1. The zero-order valence-corrected chi connectivity index (χ0v) is 7.40. The van der Waals surface area contributed by atoms with Crippen LogP contribution in [0.4, 0.5) is 0 Å². The molecule has 0 spiro atoms. The Bertz CT molecular complexity index is 89.6. The van der Waals surface area contributed by atoms with Crippen molar-refractivity contribution in [3.8, 4) is 0 Å². The molecule has 0 aromatic heterocycles. The average molecular weight is 160 g/mol. The molecule has 0 saturated carbocycles. The van der Waals surface area contributed by atoms with Gasteiger partial charge in [-0.2, -0.15) is 12.6 Å². The summed E-state index contributed by atoms with van der Waals surface area (Å²) in [6, 6.07) is 0.716. The van der Waals surface area contributed by atoms with Gasteiger partial charge in [0, 0.05) is 11.9 Å². The maximum absolute atomic E-state index is 4.13. The summed E-state index contributed by atoms with van der Waals surface area (Å²) in [5.41, 5.74) is 0. The Hall–Kier alpha value is 0.270. The zero-order valence-electron chi connectivity index (χ0n) is 6.51. The Labute approximate surface area is 68.4 Å². The van der Waals surface area contributed by atoms with E-state index in [9.17, 15) is 0 Å². The number of thiol groups is 1. The summed E-state index contributed by atoms with van der Waals surface area (Å²) >= 11 is 4.13. The number of likely N-dealkylation sites (tertiary alicyclic amines) is 1. The van der Waals surface area contributed by atoms with E-state index >= 15 is 0 Å². The van der Waals surface area contributed by atoms with Gasteiger partial charge in [-0.3, -0.25) is 0 Å². The van der Waals surface area contributed by atoms with Crippen LogP contribution in [-0.2, 0) is 0 Å². The van der Waals surface area contributed by atoms with Crippen LogP contribution < -0.4 is 5.32 Å². The summed E-state index contributed by atoms with van der Waals surface area (Å²) in [4.78, 5) is 2.37. The fourth-order valence-electron chi connectivity index (χ4n) is 1.34. The summed E-state index contributed by atoms with van der Waals surface area (Å²) < 4.78 is 0. The molecule has 0 aliphatic carbocycles. The molecule has 1 rings (SSSR count). The van der Waals surface area contributed by atoms with E-state index in [1.54, 1.807) is 0 Å². The molecule has 0 unspecified atom stereocenters. The van der Waals surface area contributed by atoms with Gasteiger partial charge in [0.25, 0.3) is 0 Å². The molecule has 1 heterocycles. The smallest absolute Gasteiger partial charge is 0.0389 e. The minimum atomic E-state index is 0.716. The van der Waals surface area contributed by atoms with Crippen molar-refractivity contribution >= 4 is 12.6 Å². The topological polar surface area (TPSA) is 15.3 Å². The van der Waals surface area contributed by atoms with Crippen LogP contribution in [-0.4, -0.2) is 37.0 Å². The molecule has 0 aromatic rings. The Morgan fingerprint density at radius 1 is 1.50 bits per heavy atom. The molecule has 0 atom stereocenters. The number of rotatable bonds is 2. The Morgan fingerprint density at radius 2 is 2.10 bits per heavy atom. The highest BCUT2D eigenvalue weighted by molar-refractivity contribution is 7.80. The molecular formula is C7H16N2S. The van der Waals surface area contributed by atoms with Crippen LogP contribution in [0, 0.1) is 0 Å². The third-order valence-electron chi connectivity index (χ3n) is 2.10. The highest BCUT2D eigenvalue weighted by atomic mass is 32.1. The van der Waals surface area contributed by atoms with E-state index in [0.717, 1.165) is 5.88 Å². The fourth-order valence-corrected chi connectivity index (χ4v) is 1.60. The molecule has 1 N–H and O–H groups in total. The van der Waals surface area contributed by atoms with Gasteiger partial charge in [-0.15, -0.1) is 0 Å². The first-order valence-electron chi connectivity index (χ1n) is 3.85. The van der Waals surface area contributed by atoms with E-state index in [-0.39, 0.29) is 0 Å². The van der Waals surface area contributed by atoms with Crippen LogP contribution in [0.3, 0.4) is 0 Å². The molecule has 1 saturated heterocycles. The van der Waals surface area contributed by atoms with Gasteiger partial charge in [0.15, 0.2) is 0 Å². The third-order valence-corrected chi connectivity index (χ3v) is 2.28. The van der Waals surface area contributed by atoms with E-state index in [2.05, 4.69) is 29.9 Å². The molecule has 1 aliphatic heterocycles. The maximum Gasteiger partial charge on any atom is 0.0389 e. The summed E-state index contributed by atoms with van der Waals surface area (Å²) in [5.74, 6) is 0.814. The number of nitrogens with zero attached hydrogens (tertiary/aromatic N) is 1. The molecule has 0 radical (unpaired) electrons. The second-order valence-electron chi connectivity index (χ2n) is 2.94. The van der Waals surface area contributed by atoms with E-state index in [1.165, 1.54) is 25.9 Å². The Morgan fingerprint density at radius 3 is 2.60 bits per heavy atom. The normalized spacial score (nSPS) is 23.4. The lowest BCUT2D eigenvalue weighted by Crippen LogP contribution is -2.40. The molecule has 10 heavy (non-hydrogen) atoms. The molecule has 3 heteroatoms. The second kappa shape index (κ2) is 4.21. The van der Waals surface area contributed by atoms with Crippen LogP contribution in [0.1, 0.15) is 12.8 Å². The van der Waals surface area contributed by atoms with E-state index in [0.29, 0.717) is 6.04 Å². The largest absolute Gasteiger partial charge is 0.306 e. The number of hydrogen-bond acceptors (Lipinski definition) is 3. The number of nitrogens with one attached hydrogen (secondary N) is 1. The molecule has 0 bridgehead atoms. The predicted octanol–water partition coefficient (Wildman–Crippen LogP) is 0.557. The van der Waals surface area contributed by atoms with Crippen molar-refractivity contribution in [1.82, 2.24) is 10.2 Å². The second-order valence-corrected chi connectivity index (χ2v) is 3.26. The third kappa shape index (κ3) is 2.48. The zero-order chi connectivity index (χ0) is 7.40. The van der Waals surface area contributed by atoms with Gasteiger partial charge in [0.1, 0.15) is 0 Å². The van der Waals surface area contributed by atoms with Crippen LogP contribution in [0.15, 0.2) is 0 Å². The Balaban J connectivity index is 2.13. The van der Waals surface area contributed by atoms with E-state index < -0.39 is 0 Å². The molecular weight excluding hydrogens is 144 g/mol. The number of piperidine rings is 1. The first kappa shape index (κ1) is 8.37. The van der Waals surface area contributed by atoms with Crippen molar-refractivity contribution in [3.05, 3.63) is 0 Å². The summed E-state index contributed by atoms with van der Waals surface area (Å²) in [5, 5.41) is 3.34. The highest BCUT2D eigenvalue weighted by Gasteiger charge is 2.14. The van der Waals surface area contributed by atoms with Crippen molar-refractivity contribution in [1.29, 1.82) is 0 Å². The van der Waals surface area contributed by atoms with Gasteiger partial charge in [-0.25, -0.2) is 0 Å². The van der Waals surface area contributed by atoms with Crippen molar-refractivity contribution < 1.29 is 0 Å². The van der Waals surface area contributed by atoms with Crippen LogP contribution in [0.25, 0.3) is 0 Å². The van der Waals surface area contributed by atoms with Gasteiger partial charge in [0.2, 0.25) is 0 Å². The van der Waals surface area contributed by atoms with Gasteiger partial charge in [0.05, 0.1) is 0 Å². The van der Waals surface area contributed by atoms with Crippen molar-refractivity contribution in [2.75, 3.05) is 26.0 Å². The number of hydrogen-bond donors (Lipinski definition) is 2. The molecule has 1 fully saturated rings. The molecule has 1 aliphatic rings. The molecule has 0 amide bonds. The van der Waals surface area contributed by atoms with Crippen LogP contribution >= 0.6 is 12.6 Å². The minimum absolute atomic E-state index is 0.716. The standard InChI is InChI=1S/C7H16N2S/c1-9-4-2-7(3-5-9)8-6-10/h7-8,10H,2-6H2,1H3. The fraction of sp³-hybridized carbons (Fsp3) is 1.00. The maximum atomic E-state index is 4.13. The first-order valence-corrected chi connectivity index (χ1v) is 4.49. The first-order chi connectivity index (χ1) is 4.83. The highest BCUT2D eigenvalue weighted by Crippen LogP contribution is 2.07. The Kier molecular flexibility index (Phi) is 3.52. The van der Waals surface area contributed by atoms with Crippen molar-refractivity contribution in [2.45, 2.75) is 18.9 Å². The monoisotopic (exact) mass is 160 g/mol. The summed E-state index contributed by atoms with van der Waals surface area (Å²) in [6.45, 7) is 2.46. The van der Waals surface area contributed by atoms with E-state index in [1.807, 2.05) is 0 Å². The van der Waals surface area contributed by atoms with E-state index in [4.69, 9.17) is 0 Å². The lowest BCUT2D eigenvalue weighted by Gasteiger charge is -2.29. The molecule has 60 valence electrons. The molecule has 0 aromatic carbocycles. The van der Waals surface area contributed by atoms with Gasteiger partial charge in [-0.1, -0.05) is 0 Å². The van der Waals surface area contributed by atoms with Gasteiger partial charge in [-0.05, 0) is 33.0 Å². The summed E-state index contributed by atoms with van der Waals surface area (Å²) in [6.07, 6.45) is 2.55. The lowest BCUT2D eigenvalue weighted by molar-refractivity contribution is 0.239.